The molecule has 2 aromatic rings. The highest BCUT2D eigenvalue weighted by Gasteiger charge is 2.35. The van der Waals surface area contributed by atoms with E-state index in [9.17, 15) is 18.0 Å². The number of hydrogen-bond donors (Lipinski definition) is 1. The van der Waals surface area contributed by atoms with Gasteiger partial charge in [-0.15, -0.1) is 0 Å². The van der Waals surface area contributed by atoms with E-state index in [0.29, 0.717) is 73.7 Å². The third-order valence-corrected chi connectivity index (χ3v) is 8.97. The summed E-state index contributed by atoms with van der Waals surface area (Å²) in [5.74, 6) is 1.47. The van der Waals surface area contributed by atoms with Gasteiger partial charge in [0, 0.05) is 63.5 Å². The number of anilines is 1. The van der Waals surface area contributed by atoms with E-state index in [4.69, 9.17) is 19.4 Å². The molecule has 1 aromatic heterocycles. The molecular formula is C30H38F3N5O3. The molecule has 3 fully saturated rings. The van der Waals surface area contributed by atoms with E-state index < -0.39 is 11.7 Å². The van der Waals surface area contributed by atoms with Gasteiger partial charge in [-0.25, -0.2) is 9.97 Å². The van der Waals surface area contributed by atoms with Gasteiger partial charge in [0.05, 0.1) is 18.3 Å². The normalized spacial score (nSPS) is 23.9. The van der Waals surface area contributed by atoms with Crippen LogP contribution >= 0.6 is 0 Å². The first-order chi connectivity index (χ1) is 19.7. The van der Waals surface area contributed by atoms with Gasteiger partial charge in [0.2, 0.25) is 0 Å². The number of fused-ring (bicyclic) bond motifs is 1. The van der Waals surface area contributed by atoms with Crippen LogP contribution in [0, 0.1) is 6.92 Å². The lowest BCUT2D eigenvalue weighted by molar-refractivity contribution is -0.137. The fourth-order valence-corrected chi connectivity index (χ4v) is 6.31. The molecule has 4 heterocycles. The molecule has 41 heavy (non-hydrogen) atoms. The summed E-state index contributed by atoms with van der Waals surface area (Å²) in [6.45, 7) is 5.39. The molecule has 0 radical (unpaired) electrons. The van der Waals surface area contributed by atoms with Crippen molar-refractivity contribution in [2.75, 3.05) is 44.9 Å². The molecule has 4 aliphatic rings. The molecule has 11 heteroatoms. The van der Waals surface area contributed by atoms with Crippen LogP contribution in [0.1, 0.15) is 76.6 Å². The van der Waals surface area contributed by atoms with Crippen LogP contribution < -0.4 is 10.2 Å². The number of halogens is 3. The van der Waals surface area contributed by atoms with E-state index >= 15 is 0 Å². The minimum Gasteiger partial charge on any atom is -0.379 e. The molecule has 1 saturated carbocycles. The Balaban J connectivity index is 1.18. The molecule has 1 aromatic carbocycles. The molecule has 2 saturated heterocycles. The average molecular weight is 574 g/mol. The Morgan fingerprint density at radius 1 is 1.07 bits per heavy atom. The number of likely N-dealkylation sites (tertiary alicyclic amines) is 1. The van der Waals surface area contributed by atoms with Gasteiger partial charge in [-0.1, -0.05) is 6.07 Å². The van der Waals surface area contributed by atoms with E-state index in [1.807, 2.05) is 16.7 Å². The van der Waals surface area contributed by atoms with Crippen LogP contribution in [0.5, 0.6) is 0 Å². The van der Waals surface area contributed by atoms with Crippen molar-refractivity contribution in [1.29, 1.82) is 0 Å². The van der Waals surface area contributed by atoms with Crippen LogP contribution in [0.2, 0.25) is 0 Å². The maximum atomic E-state index is 13.8. The second kappa shape index (κ2) is 11.5. The van der Waals surface area contributed by atoms with Gasteiger partial charge in [0.25, 0.3) is 5.91 Å². The summed E-state index contributed by atoms with van der Waals surface area (Å²) < 4.78 is 51.3. The van der Waals surface area contributed by atoms with E-state index in [1.165, 1.54) is 6.07 Å². The summed E-state index contributed by atoms with van der Waals surface area (Å²) in [6, 6.07) is 4.54. The Kier molecular flexibility index (Phi) is 7.95. The number of nitrogens with one attached hydrogen (secondary N) is 1. The number of alkyl halides is 3. The highest BCUT2D eigenvalue weighted by Crippen LogP contribution is 2.40. The van der Waals surface area contributed by atoms with Crippen LogP contribution in [0.3, 0.4) is 0 Å². The molecule has 1 N–H and O–H groups in total. The Labute approximate surface area is 238 Å². The monoisotopic (exact) mass is 573 g/mol. The van der Waals surface area contributed by atoms with Gasteiger partial charge in [-0.2, -0.15) is 13.2 Å². The summed E-state index contributed by atoms with van der Waals surface area (Å²) in [4.78, 5) is 27.4. The summed E-state index contributed by atoms with van der Waals surface area (Å²) >= 11 is 0. The topological polar surface area (TPSA) is 79.8 Å². The minimum absolute atomic E-state index is 0.0353. The highest BCUT2D eigenvalue weighted by atomic mass is 19.4. The van der Waals surface area contributed by atoms with Gasteiger partial charge in [0.15, 0.2) is 0 Å². The lowest BCUT2D eigenvalue weighted by Crippen LogP contribution is -2.54. The lowest BCUT2D eigenvalue weighted by Gasteiger charge is -2.38. The van der Waals surface area contributed by atoms with E-state index in [1.54, 1.807) is 13.2 Å². The first-order valence-corrected chi connectivity index (χ1v) is 14.7. The Morgan fingerprint density at radius 3 is 2.56 bits per heavy atom. The maximum Gasteiger partial charge on any atom is 0.416 e. The number of hydrogen-bond acceptors (Lipinski definition) is 7. The number of amides is 1. The molecule has 1 amide bonds. The van der Waals surface area contributed by atoms with Crippen molar-refractivity contribution in [2.24, 2.45) is 0 Å². The fourth-order valence-electron chi connectivity index (χ4n) is 6.31. The third-order valence-electron chi connectivity index (χ3n) is 8.97. The largest absolute Gasteiger partial charge is 0.416 e. The van der Waals surface area contributed by atoms with Crippen LogP contribution in [0.25, 0.3) is 0 Å². The number of ether oxygens (including phenoxy) is 2. The summed E-state index contributed by atoms with van der Waals surface area (Å²) in [5, 5.41) is 3.73. The van der Waals surface area contributed by atoms with Gasteiger partial charge in [-0.3, -0.25) is 4.79 Å². The number of aromatic nitrogens is 2. The molecular weight excluding hydrogens is 535 g/mol. The van der Waals surface area contributed by atoms with Crippen molar-refractivity contribution < 1.29 is 27.4 Å². The number of benzene rings is 1. The smallest absolute Gasteiger partial charge is 0.379 e. The van der Waals surface area contributed by atoms with Gasteiger partial charge < -0.3 is 24.6 Å². The molecule has 0 spiro atoms. The molecule has 1 aliphatic carbocycles. The summed E-state index contributed by atoms with van der Waals surface area (Å²) in [6.07, 6.45) is 0.833. The minimum atomic E-state index is -4.39. The predicted molar refractivity (Wildman–Crippen MR) is 147 cm³/mol. The number of rotatable bonds is 6. The van der Waals surface area contributed by atoms with E-state index in [-0.39, 0.29) is 24.0 Å². The highest BCUT2D eigenvalue weighted by molar-refractivity contribution is 5.95. The summed E-state index contributed by atoms with van der Waals surface area (Å²) in [7, 11) is 1.71. The van der Waals surface area contributed by atoms with Crippen LogP contribution in [0.4, 0.5) is 19.0 Å². The zero-order chi connectivity index (χ0) is 28.7. The van der Waals surface area contributed by atoms with Crippen molar-refractivity contribution >= 4 is 11.7 Å². The van der Waals surface area contributed by atoms with Crippen molar-refractivity contribution in [3.8, 4) is 0 Å². The molecule has 8 nitrogen and oxygen atoms in total. The number of nitrogens with zero attached hydrogens (tertiary/aromatic N) is 4. The van der Waals surface area contributed by atoms with E-state index in [2.05, 4.69) is 5.32 Å². The van der Waals surface area contributed by atoms with Crippen LogP contribution in [-0.4, -0.2) is 78.9 Å². The van der Waals surface area contributed by atoms with Crippen molar-refractivity contribution in [1.82, 2.24) is 20.2 Å². The second-order valence-electron chi connectivity index (χ2n) is 11.8. The zero-order valence-electron chi connectivity index (χ0n) is 23.7. The predicted octanol–water partition coefficient (Wildman–Crippen LogP) is 4.24. The first kappa shape index (κ1) is 28.4. The molecule has 222 valence electrons. The quantitative estimate of drug-likeness (QED) is 0.554. The number of carbonyl (C=O) groups excluding carboxylic acids is 1. The second-order valence-corrected chi connectivity index (χ2v) is 11.8. The van der Waals surface area contributed by atoms with E-state index in [0.717, 1.165) is 50.3 Å². The Bertz CT molecular complexity index is 1280. The summed E-state index contributed by atoms with van der Waals surface area (Å²) in [5.41, 5.74) is 2.05. The SMILES string of the molecule is CO[C@@H]1COCC[C@@H]1NC1CCN(C(=O)c2nc(C3CC3)nc(N3CCc4ccc(C(F)(F)F)cc4C3)c2C)CC1. The third kappa shape index (κ3) is 6.08. The van der Waals surface area contributed by atoms with Crippen molar-refractivity contribution in [2.45, 2.75) is 82.3 Å². The fraction of sp³-hybridized carbons (Fsp3) is 0.633. The molecule has 0 bridgehead atoms. The number of piperidine rings is 1. The number of methoxy groups -OCH3 is 1. The lowest BCUT2D eigenvalue weighted by atomic mass is 9.96. The van der Waals surface area contributed by atoms with Gasteiger partial charge in [-0.05, 0) is 68.7 Å². The maximum absolute atomic E-state index is 13.8. The molecule has 6 rings (SSSR count). The molecule has 2 atom stereocenters. The Hall–Kier alpha value is -2.76. The van der Waals surface area contributed by atoms with Crippen molar-refractivity contribution in [3.63, 3.8) is 0 Å². The van der Waals surface area contributed by atoms with Crippen molar-refractivity contribution in [3.05, 3.63) is 52.0 Å². The van der Waals surface area contributed by atoms with Crippen LogP contribution in [-0.2, 0) is 28.6 Å². The van der Waals surface area contributed by atoms with Crippen LogP contribution in [0.15, 0.2) is 18.2 Å². The molecule has 3 aliphatic heterocycles. The van der Waals surface area contributed by atoms with Gasteiger partial charge in [0.1, 0.15) is 17.3 Å². The molecule has 0 unspecified atom stereocenters. The zero-order valence-corrected chi connectivity index (χ0v) is 23.7. The van der Waals surface area contributed by atoms with Gasteiger partial charge >= 0.3 is 6.18 Å². The first-order valence-electron chi connectivity index (χ1n) is 14.7. The number of carbonyl (C=O) groups is 1. The Morgan fingerprint density at radius 2 is 1.85 bits per heavy atom. The standard InChI is InChI=1S/C30H38F3N5O3/c1-18-26(29(39)37-12-8-23(9-13-37)34-24-10-14-41-17-25(24)40-2)35-27(20-3-4-20)36-28(18)38-11-7-19-5-6-22(30(31,32)33)15-21(19)16-38/h5-6,15,20,23-25,34H,3-4,7-14,16-17H2,1-2H3/t24-,25+/m0/s1. The average Bonchev–Trinajstić information content (AvgIpc) is 3.82.